The summed E-state index contributed by atoms with van der Waals surface area (Å²) in [5, 5.41) is 0.679. The van der Waals surface area contributed by atoms with Crippen molar-refractivity contribution in [3.05, 3.63) is 28.3 Å². The Labute approximate surface area is 134 Å². The van der Waals surface area contributed by atoms with E-state index in [1.165, 1.54) is 11.9 Å². The van der Waals surface area contributed by atoms with Gasteiger partial charge in [-0.2, -0.15) is 0 Å². The van der Waals surface area contributed by atoms with Gasteiger partial charge in [-0.3, -0.25) is 0 Å². The summed E-state index contributed by atoms with van der Waals surface area (Å²) in [7, 11) is -1.12. The molecule has 0 bridgehead atoms. The summed E-state index contributed by atoms with van der Waals surface area (Å²) >= 11 is 7.87. The lowest BCUT2D eigenvalue weighted by Crippen LogP contribution is -2.34. The normalized spacial score (nSPS) is 14.9. The molecule has 0 saturated carbocycles. The Kier molecular flexibility index (Phi) is 6.38. The molecule has 1 rings (SSSR count). The van der Waals surface area contributed by atoms with Crippen LogP contribution in [0.2, 0.25) is 5.02 Å². The van der Waals surface area contributed by atoms with Gasteiger partial charge in [-0.25, -0.2) is 8.93 Å². The molecule has 20 heavy (non-hydrogen) atoms. The first-order chi connectivity index (χ1) is 9.16. The number of rotatable bonds is 5. The molecule has 1 aromatic rings. The molecule has 0 spiro atoms. The van der Waals surface area contributed by atoms with Crippen LogP contribution in [0.3, 0.4) is 0 Å². The molecule has 0 radical (unpaired) electrons. The number of aryl methyl sites for hydroxylation is 1. The van der Waals surface area contributed by atoms with Crippen LogP contribution in [0.1, 0.15) is 44.9 Å². The van der Waals surface area contributed by atoms with Crippen LogP contribution in [0, 0.1) is 6.92 Å². The lowest BCUT2D eigenvalue weighted by molar-refractivity contribution is 0.616. The molecular formula is C14H23ClN2OS2. The molecule has 0 fully saturated rings. The van der Waals surface area contributed by atoms with E-state index >= 15 is 0 Å². The van der Waals surface area contributed by atoms with Gasteiger partial charge < -0.3 is 4.72 Å². The summed E-state index contributed by atoms with van der Waals surface area (Å²) < 4.78 is 18.2. The number of halogens is 1. The summed E-state index contributed by atoms with van der Waals surface area (Å²) in [6.07, 6.45) is 1.97. The lowest BCUT2D eigenvalue weighted by atomic mass is 10.1. The van der Waals surface area contributed by atoms with Crippen LogP contribution >= 0.6 is 23.5 Å². The van der Waals surface area contributed by atoms with Crippen molar-refractivity contribution in [2.75, 3.05) is 11.0 Å². The molecular weight excluding hydrogens is 312 g/mol. The topological polar surface area (TPSA) is 41.1 Å². The zero-order chi connectivity index (χ0) is 15.5. The lowest BCUT2D eigenvalue weighted by Gasteiger charge is -2.23. The quantitative estimate of drug-likeness (QED) is 0.781. The number of nitrogens with one attached hydrogen (secondary N) is 2. The molecule has 0 unspecified atom stereocenters. The molecule has 0 heterocycles. The van der Waals surface area contributed by atoms with Crippen LogP contribution in [0.5, 0.6) is 0 Å². The molecule has 6 heteroatoms. The van der Waals surface area contributed by atoms with Gasteiger partial charge in [0.05, 0.1) is 15.7 Å². The minimum absolute atomic E-state index is 0.0652. The van der Waals surface area contributed by atoms with Crippen molar-refractivity contribution < 1.29 is 4.21 Å². The van der Waals surface area contributed by atoms with Gasteiger partial charge in [0, 0.05) is 23.0 Å². The zero-order valence-corrected chi connectivity index (χ0v) is 15.2. The monoisotopic (exact) mass is 334 g/mol. The first-order valence-electron chi connectivity index (χ1n) is 6.44. The summed E-state index contributed by atoms with van der Waals surface area (Å²) in [6, 6.07) is 3.89. The van der Waals surface area contributed by atoms with Crippen molar-refractivity contribution in [1.29, 1.82) is 0 Å². The second-order valence-electron chi connectivity index (χ2n) is 5.72. The third-order valence-corrected chi connectivity index (χ3v) is 5.29. The summed E-state index contributed by atoms with van der Waals surface area (Å²) in [5.74, 6) is 0. The average Bonchev–Trinajstić information content (AvgIpc) is 2.32. The Balaban J connectivity index is 2.97. The van der Waals surface area contributed by atoms with Gasteiger partial charge in [0.25, 0.3) is 0 Å². The summed E-state index contributed by atoms with van der Waals surface area (Å²) in [5.41, 5.74) is 3.10. The highest BCUT2D eigenvalue weighted by Crippen LogP contribution is 2.30. The van der Waals surface area contributed by atoms with E-state index in [1.54, 1.807) is 0 Å². The van der Waals surface area contributed by atoms with Gasteiger partial charge in [-0.05, 0) is 51.8 Å². The molecule has 0 aliphatic rings. The molecule has 3 nitrogen and oxygen atoms in total. The first kappa shape index (κ1) is 17.8. The summed E-state index contributed by atoms with van der Waals surface area (Å²) in [4.78, 5) is 0. The van der Waals surface area contributed by atoms with Crippen LogP contribution in [-0.2, 0) is 11.0 Å². The fourth-order valence-corrected chi connectivity index (χ4v) is 3.23. The van der Waals surface area contributed by atoms with Crippen molar-refractivity contribution in [3.63, 3.8) is 0 Å². The molecule has 114 valence electrons. The van der Waals surface area contributed by atoms with Gasteiger partial charge >= 0.3 is 0 Å². The third kappa shape index (κ3) is 4.65. The number of benzene rings is 1. The Morgan fingerprint density at radius 3 is 2.45 bits per heavy atom. The highest BCUT2D eigenvalue weighted by atomic mass is 35.5. The summed E-state index contributed by atoms with van der Waals surface area (Å²) in [6.45, 7) is 9.85. The molecule has 0 aliphatic carbocycles. The maximum atomic E-state index is 12.2. The van der Waals surface area contributed by atoms with Crippen LogP contribution in [0.15, 0.2) is 12.1 Å². The van der Waals surface area contributed by atoms with Crippen molar-refractivity contribution >= 4 is 40.2 Å². The Hall–Kier alpha value is -0.230. The van der Waals surface area contributed by atoms with E-state index in [2.05, 4.69) is 9.44 Å². The minimum atomic E-state index is -1.12. The van der Waals surface area contributed by atoms with Crippen molar-refractivity contribution in [1.82, 2.24) is 4.72 Å². The maximum Gasteiger partial charge on any atom is 0.0975 e. The molecule has 0 aliphatic heterocycles. The van der Waals surface area contributed by atoms with Crippen molar-refractivity contribution in [3.8, 4) is 0 Å². The fraction of sp³-hybridized carbons (Fsp3) is 0.571. The van der Waals surface area contributed by atoms with E-state index in [9.17, 15) is 4.21 Å². The van der Waals surface area contributed by atoms with Crippen LogP contribution in [0.4, 0.5) is 5.69 Å². The molecule has 1 aromatic carbocycles. The number of hydrogen-bond donors (Lipinski definition) is 2. The standard InChI is InChI=1S/C14H23ClN2OS2/c1-9-7-11(12(15)8-13(9)16-19-6)10(2)17-20(18)14(3,4)5/h7-8,10,16-17H,1-6H3/t10-,20+/m1/s1. The van der Waals surface area contributed by atoms with Crippen molar-refractivity contribution in [2.45, 2.75) is 45.4 Å². The van der Waals surface area contributed by atoms with E-state index in [0.717, 1.165) is 16.8 Å². The van der Waals surface area contributed by atoms with Gasteiger partial charge in [-0.15, -0.1) is 0 Å². The van der Waals surface area contributed by atoms with Gasteiger partial charge in [0.15, 0.2) is 0 Å². The minimum Gasteiger partial charge on any atom is -0.330 e. The molecule has 0 aromatic heterocycles. The molecule has 0 saturated heterocycles. The smallest absolute Gasteiger partial charge is 0.0975 e. The predicted molar refractivity (Wildman–Crippen MR) is 92.8 cm³/mol. The highest BCUT2D eigenvalue weighted by Gasteiger charge is 2.22. The van der Waals surface area contributed by atoms with Gasteiger partial charge in [0.2, 0.25) is 0 Å². The molecule has 0 amide bonds. The predicted octanol–water partition coefficient (Wildman–Crippen LogP) is 4.45. The average molecular weight is 335 g/mol. The Bertz CT molecular complexity index is 501. The van der Waals surface area contributed by atoms with Gasteiger partial charge in [-0.1, -0.05) is 29.6 Å². The first-order valence-corrected chi connectivity index (χ1v) is 9.19. The second kappa shape index (κ2) is 7.16. The SMILES string of the molecule is CSNc1cc(Cl)c([C@@H](C)N[S@@](=O)C(C)(C)C)cc1C. The van der Waals surface area contributed by atoms with Crippen LogP contribution < -0.4 is 9.44 Å². The van der Waals surface area contributed by atoms with Crippen molar-refractivity contribution in [2.24, 2.45) is 0 Å². The molecule has 2 atom stereocenters. The highest BCUT2D eigenvalue weighted by molar-refractivity contribution is 7.99. The van der Waals surface area contributed by atoms with E-state index in [-0.39, 0.29) is 10.8 Å². The van der Waals surface area contributed by atoms with Gasteiger partial charge in [0.1, 0.15) is 0 Å². The Morgan fingerprint density at radius 2 is 1.95 bits per heavy atom. The Morgan fingerprint density at radius 1 is 1.35 bits per heavy atom. The number of hydrogen-bond acceptors (Lipinski definition) is 3. The maximum absolute atomic E-state index is 12.2. The van der Waals surface area contributed by atoms with E-state index in [4.69, 9.17) is 11.6 Å². The fourth-order valence-electron chi connectivity index (χ4n) is 1.66. The number of anilines is 1. The largest absolute Gasteiger partial charge is 0.330 e. The zero-order valence-electron chi connectivity index (χ0n) is 12.8. The second-order valence-corrected chi connectivity index (χ2v) is 8.73. The van der Waals surface area contributed by atoms with E-state index < -0.39 is 11.0 Å². The van der Waals surface area contributed by atoms with E-state index in [1.807, 2.05) is 53.0 Å². The third-order valence-electron chi connectivity index (χ3n) is 2.86. The van der Waals surface area contributed by atoms with E-state index in [0.29, 0.717) is 5.02 Å². The van der Waals surface area contributed by atoms with Crippen LogP contribution in [-0.4, -0.2) is 15.2 Å². The molecule has 2 N–H and O–H groups in total. The van der Waals surface area contributed by atoms with Crippen LogP contribution in [0.25, 0.3) is 0 Å².